The number of hydrogen-bond donors (Lipinski definition) is 2. The van der Waals surface area contributed by atoms with Gasteiger partial charge in [-0.15, -0.1) is 0 Å². The summed E-state index contributed by atoms with van der Waals surface area (Å²) < 4.78 is 0. The van der Waals surface area contributed by atoms with E-state index in [0.717, 1.165) is 5.56 Å². The molecule has 1 aromatic carbocycles. The Morgan fingerprint density at radius 1 is 1.41 bits per heavy atom. The second-order valence-electron chi connectivity index (χ2n) is 4.04. The number of hydrogen-bond acceptors (Lipinski definition) is 3. The molecule has 4 heteroatoms. The van der Waals surface area contributed by atoms with Crippen molar-refractivity contribution in [3.8, 4) is 5.75 Å². The Balaban J connectivity index is 2.80. The van der Waals surface area contributed by atoms with Crippen molar-refractivity contribution in [2.24, 2.45) is 0 Å². The lowest BCUT2D eigenvalue weighted by atomic mass is 10.1. The molecule has 0 heterocycles. The SMILES string of the molecule is CCC(=O)C(C)NC(=O)c1ccc(C)cc1O. The maximum atomic E-state index is 11.8. The van der Waals surface area contributed by atoms with Gasteiger partial charge < -0.3 is 10.4 Å². The predicted octanol–water partition coefficient (Wildman–Crippen LogP) is 1.80. The van der Waals surface area contributed by atoms with E-state index in [1.807, 2.05) is 6.92 Å². The first kappa shape index (κ1) is 13.2. The number of Topliss-reactive ketones (excluding diaryl/α,β-unsaturated/α-hetero) is 1. The van der Waals surface area contributed by atoms with Gasteiger partial charge in [0.15, 0.2) is 5.78 Å². The van der Waals surface area contributed by atoms with Crippen LogP contribution in [0.4, 0.5) is 0 Å². The molecule has 0 saturated carbocycles. The van der Waals surface area contributed by atoms with Crippen molar-refractivity contribution in [1.82, 2.24) is 5.32 Å². The first-order valence-electron chi connectivity index (χ1n) is 5.59. The molecule has 1 atom stereocenters. The minimum atomic E-state index is -0.534. The van der Waals surface area contributed by atoms with E-state index in [9.17, 15) is 14.7 Å². The summed E-state index contributed by atoms with van der Waals surface area (Å²) in [4.78, 5) is 23.1. The number of carbonyl (C=O) groups is 2. The van der Waals surface area contributed by atoms with E-state index in [-0.39, 0.29) is 17.1 Å². The molecule has 4 nitrogen and oxygen atoms in total. The van der Waals surface area contributed by atoms with Gasteiger partial charge in [-0.2, -0.15) is 0 Å². The molecule has 0 bridgehead atoms. The third kappa shape index (κ3) is 3.31. The largest absolute Gasteiger partial charge is 0.507 e. The molecule has 0 fully saturated rings. The molecular weight excluding hydrogens is 218 g/mol. The second-order valence-corrected chi connectivity index (χ2v) is 4.04. The Bertz CT molecular complexity index is 440. The van der Waals surface area contributed by atoms with Crippen LogP contribution in [0.15, 0.2) is 18.2 Å². The van der Waals surface area contributed by atoms with Gasteiger partial charge in [0.2, 0.25) is 0 Å². The first-order valence-corrected chi connectivity index (χ1v) is 5.59. The van der Waals surface area contributed by atoms with Crippen molar-refractivity contribution in [3.63, 3.8) is 0 Å². The molecule has 0 spiro atoms. The van der Waals surface area contributed by atoms with Gasteiger partial charge in [-0.25, -0.2) is 0 Å². The zero-order valence-electron chi connectivity index (χ0n) is 10.3. The van der Waals surface area contributed by atoms with Gasteiger partial charge in [-0.3, -0.25) is 9.59 Å². The number of phenolic OH excluding ortho intramolecular Hbond substituents is 1. The molecule has 1 unspecified atom stereocenters. The number of aryl methyl sites for hydroxylation is 1. The summed E-state index contributed by atoms with van der Waals surface area (Å²) in [6.07, 6.45) is 0.376. The van der Waals surface area contributed by atoms with Crippen molar-refractivity contribution in [2.45, 2.75) is 33.2 Å². The number of rotatable bonds is 4. The van der Waals surface area contributed by atoms with Gasteiger partial charge >= 0.3 is 0 Å². The first-order chi connectivity index (χ1) is 7.95. The van der Waals surface area contributed by atoms with Crippen LogP contribution in [0.3, 0.4) is 0 Å². The number of ketones is 1. The van der Waals surface area contributed by atoms with E-state index in [2.05, 4.69) is 5.32 Å². The second kappa shape index (κ2) is 5.48. The van der Waals surface area contributed by atoms with E-state index >= 15 is 0 Å². The van der Waals surface area contributed by atoms with Crippen LogP contribution in [0.5, 0.6) is 5.75 Å². The van der Waals surface area contributed by atoms with Crippen LogP contribution in [0.2, 0.25) is 0 Å². The molecule has 0 aromatic heterocycles. The summed E-state index contributed by atoms with van der Waals surface area (Å²) >= 11 is 0. The van der Waals surface area contributed by atoms with Crippen molar-refractivity contribution in [3.05, 3.63) is 29.3 Å². The number of carbonyl (C=O) groups excluding carboxylic acids is 2. The van der Waals surface area contributed by atoms with Gasteiger partial charge in [0.05, 0.1) is 11.6 Å². The summed E-state index contributed by atoms with van der Waals surface area (Å²) in [5.74, 6) is -0.541. The highest BCUT2D eigenvalue weighted by Crippen LogP contribution is 2.18. The Kier molecular flexibility index (Phi) is 4.26. The van der Waals surface area contributed by atoms with Gasteiger partial charge in [0, 0.05) is 6.42 Å². The lowest BCUT2D eigenvalue weighted by Crippen LogP contribution is -2.38. The minimum absolute atomic E-state index is 0.0371. The molecule has 0 aliphatic rings. The number of amides is 1. The normalized spacial score (nSPS) is 11.9. The van der Waals surface area contributed by atoms with E-state index < -0.39 is 11.9 Å². The highest BCUT2D eigenvalue weighted by molar-refractivity contribution is 5.99. The summed E-state index contributed by atoms with van der Waals surface area (Å²) in [6.45, 7) is 5.20. The number of aromatic hydroxyl groups is 1. The fourth-order valence-electron chi connectivity index (χ4n) is 1.49. The molecule has 1 rings (SSSR count). The molecule has 0 aliphatic heterocycles. The molecule has 92 valence electrons. The van der Waals surface area contributed by atoms with Crippen LogP contribution in [-0.2, 0) is 4.79 Å². The predicted molar refractivity (Wildman–Crippen MR) is 65.1 cm³/mol. The molecule has 0 saturated heterocycles. The molecule has 0 radical (unpaired) electrons. The lowest BCUT2D eigenvalue weighted by molar-refractivity contribution is -0.120. The van der Waals surface area contributed by atoms with Gasteiger partial charge in [0.1, 0.15) is 5.75 Å². The van der Waals surface area contributed by atoms with Crippen molar-refractivity contribution in [1.29, 1.82) is 0 Å². The Hall–Kier alpha value is -1.84. The third-order valence-electron chi connectivity index (χ3n) is 2.58. The van der Waals surface area contributed by atoms with Crippen LogP contribution < -0.4 is 5.32 Å². The highest BCUT2D eigenvalue weighted by Gasteiger charge is 2.17. The van der Waals surface area contributed by atoms with E-state index in [4.69, 9.17) is 0 Å². The Morgan fingerprint density at radius 2 is 2.06 bits per heavy atom. The van der Waals surface area contributed by atoms with E-state index in [0.29, 0.717) is 6.42 Å². The average molecular weight is 235 g/mol. The van der Waals surface area contributed by atoms with Crippen molar-refractivity contribution < 1.29 is 14.7 Å². The maximum absolute atomic E-state index is 11.8. The minimum Gasteiger partial charge on any atom is -0.507 e. The van der Waals surface area contributed by atoms with Crippen LogP contribution >= 0.6 is 0 Å². The smallest absolute Gasteiger partial charge is 0.255 e. The molecule has 1 aromatic rings. The molecule has 0 aliphatic carbocycles. The van der Waals surface area contributed by atoms with Crippen molar-refractivity contribution >= 4 is 11.7 Å². The average Bonchev–Trinajstić information content (AvgIpc) is 2.27. The highest BCUT2D eigenvalue weighted by atomic mass is 16.3. The van der Waals surface area contributed by atoms with Crippen molar-refractivity contribution in [2.75, 3.05) is 0 Å². The van der Waals surface area contributed by atoms with Gasteiger partial charge in [-0.05, 0) is 31.5 Å². The van der Waals surface area contributed by atoms with Gasteiger partial charge in [-0.1, -0.05) is 13.0 Å². The topological polar surface area (TPSA) is 66.4 Å². The zero-order chi connectivity index (χ0) is 13.0. The lowest BCUT2D eigenvalue weighted by Gasteiger charge is -2.12. The fraction of sp³-hybridized carbons (Fsp3) is 0.385. The number of phenols is 1. The van der Waals surface area contributed by atoms with Crippen LogP contribution in [0.25, 0.3) is 0 Å². The van der Waals surface area contributed by atoms with E-state index in [1.54, 1.807) is 26.0 Å². The summed E-state index contributed by atoms with van der Waals surface area (Å²) in [7, 11) is 0. The summed E-state index contributed by atoms with van der Waals surface area (Å²) in [5.41, 5.74) is 1.06. The van der Waals surface area contributed by atoms with Crippen LogP contribution in [0, 0.1) is 6.92 Å². The quantitative estimate of drug-likeness (QED) is 0.836. The van der Waals surface area contributed by atoms with E-state index in [1.165, 1.54) is 6.07 Å². The number of nitrogens with one attached hydrogen (secondary N) is 1. The van der Waals surface area contributed by atoms with Gasteiger partial charge in [0.25, 0.3) is 5.91 Å². The summed E-state index contributed by atoms with van der Waals surface area (Å²) in [6, 6.07) is 4.26. The van der Waals surface area contributed by atoms with Crippen LogP contribution in [-0.4, -0.2) is 22.8 Å². The maximum Gasteiger partial charge on any atom is 0.255 e. The standard InChI is InChI=1S/C13H17NO3/c1-4-11(15)9(3)14-13(17)10-6-5-8(2)7-12(10)16/h5-7,9,16H,4H2,1-3H3,(H,14,17). The summed E-state index contributed by atoms with van der Waals surface area (Å²) in [5, 5.41) is 12.2. The Morgan fingerprint density at radius 3 is 2.59 bits per heavy atom. The molecule has 17 heavy (non-hydrogen) atoms. The zero-order valence-corrected chi connectivity index (χ0v) is 10.3. The Labute approximate surface area is 101 Å². The number of benzene rings is 1. The molecular formula is C13H17NO3. The van der Waals surface area contributed by atoms with Crippen LogP contribution in [0.1, 0.15) is 36.2 Å². The third-order valence-corrected chi connectivity index (χ3v) is 2.58. The monoisotopic (exact) mass is 235 g/mol. The fourth-order valence-corrected chi connectivity index (χ4v) is 1.49. The molecule has 2 N–H and O–H groups in total. The molecule has 1 amide bonds.